The molecule has 140 valence electrons. The van der Waals surface area contributed by atoms with Crippen LogP contribution in [0.5, 0.6) is 11.5 Å². The molecule has 8 heteroatoms. The van der Waals surface area contributed by atoms with Gasteiger partial charge < -0.3 is 25.2 Å². The van der Waals surface area contributed by atoms with Crippen molar-refractivity contribution in [3.8, 4) is 11.5 Å². The smallest absolute Gasteiger partial charge is 0.317 e. The van der Waals surface area contributed by atoms with E-state index in [0.29, 0.717) is 28.7 Å². The molecule has 1 aromatic rings. The second kappa shape index (κ2) is 9.48. The number of carbonyl (C=O) groups is 2. The molecule has 25 heavy (non-hydrogen) atoms. The van der Waals surface area contributed by atoms with Gasteiger partial charge in [0.05, 0.1) is 13.2 Å². The summed E-state index contributed by atoms with van der Waals surface area (Å²) in [5.74, 6) is -0.398. The van der Waals surface area contributed by atoms with E-state index in [1.165, 1.54) is 0 Å². The third-order valence-electron chi connectivity index (χ3n) is 2.88. The van der Waals surface area contributed by atoms with Crippen LogP contribution in [-0.4, -0.2) is 42.3 Å². The van der Waals surface area contributed by atoms with Crippen molar-refractivity contribution in [3.63, 3.8) is 0 Å². The summed E-state index contributed by atoms with van der Waals surface area (Å²) in [6.07, 6.45) is 0. The molecule has 1 aromatic carbocycles. The first kappa shape index (κ1) is 21.1. The van der Waals surface area contributed by atoms with Crippen LogP contribution in [0.2, 0.25) is 5.02 Å². The fraction of sp³-hybridized carbons (Fsp3) is 0.529. The molecule has 1 rings (SSSR count). The van der Waals surface area contributed by atoms with Gasteiger partial charge in [-0.25, -0.2) is 0 Å². The van der Waals surface area contributed by atoms with E-state index in [2.05, 4.69) is 10.6 Å². The van der Waals surface area contributed by atoms with Gasteiger partial charge in [-0.2, -0.15) is 0 Å². The summed E-state index contributed by atoms with van der Waals surface area (Å²) in [4.78, 5) is 22.5. The highest BCUT2D eigenvalue weighted by Gasteiger charge is 2.16. The summed E-state index contributed by atoms with van der Waals surface area (Å²) in [6.45, 7) is 7.82. The van der Waals surface area contributed by atoms with Crippen molar-refractivity contribution in [2.45, 2.75) is 39.8 Å². The van der Waals surface area contributed by atoms with Crippen molar-refractivity contribution in [1.82, 2.24) is 10.6 Å². The normalized spacial score (nSPS) is 11.1. The average molecular weight is 373 g/mol. The standard InChI is InChI=1S/C17H25ClN2O5/c1-5-24-13-6-11(8-19-9-16(22)23)12(18)7-14(13)25-10-15(21)20-17(2,3)4/h6-7,19H,5,8-10H2,1-4H3,(H,20,21)(H,22,23). The molecule has 0 aliphatic carbocycles. The van der Waals surface area contributed by atoms with E-state index < -0.39 is 5.97 Å². The first-order chi connectivity index (χ1) is 11.6. The second-order valence-electron chi connectivity index (χ2n) is 6.41. The van der Waals surface area contributed by atoms with Crippen molar-refractivity contribution < 1.29 is 24.2 Å². The monoisotopic (exact) mass is 372 g/mol. The van der Waals surface area contributed by atoms with Gasteiger partial charge >= 0.3 is 5.97 Å². The van der Waals surface area contributed by atoms with Gasteiger partial charge in [0, 0.05) is 23.2 Å². The number of benzene rings is 1. The molecule has 0 aliphatic rings. The molecule has 3 N–H and O–H groups in total. The summed E-state index contributed by atoms with van der Waals surface area (Å²) in [5.41, 5.74) is 0.332. The first-order valence-corrected chi connectivity index (χ1v) is 8.31. The molecule has 0 fully saturated rings. The predicted octanol–water partition coefficient (Wildman–Crippen LogP) is 2.21. The van der Waals surface area contributed by atoms with Gasteiger partial charge in [0.2, 0.25) is 0 Å². The fourth-order valence-corrected chi connectivity index (χ4v) is 2.22. The largest absolute Gasteiger partial charge is 0.490 e. The number of nitrogens with one attached hydrogen (secondary N) is 2. The van der Waals surface area contributed by atoms with Crippen LogP contribution in [0.3, 0.4) is 0 Å². The zero-order valence-corrected chi connectivity index (χ0v) is 15.7. The van der Waals surface area contributed by atoms with Crippen molar-refractivity contribution in [2.75, 3.05) is 19.8 Å². The third-order valence-corrected chi connectivity index (χ3v) is 3.23. The van der Waals surface area contributed by atoms with Crippen molar-refractivity contribution in [1.29, 1.82) is 0 Å². The van der Waals surface area contributed by atoms with Crippen LogP contribution in [0.15, 0.2) is 12.1 Å². The molecule has 0 unspecified atom stereocenters. The Labute approximate surface area is 152 Å². The summed E-state index contributed by atoms with van der Waals surface area (Å²) < 4.78 is 11.1. The maximum atomic E-state index is 11.9. The average Bonchev–Trinajstić information content (AvgIpc) is 2.46. The zero-order valence-electron chi connectivity index (χ0n) is 14.9. The van der Waals surface area contributed by atoms with E-state index >= 15 is 0 Å². The Morgan fingerprint density at radius 2 is 1.84 bits per heavy atom. The molecular formula is C17H25ClN2O5. The zero-order chi connectivity index (χ0) is 19.0. The third kappa shape index (κ3) is 8.09. The van der Waals surface area contributed by atoms with E-state index in [0.717, 1.165) is 0 Å². The summed E-state index contributed by atoms with van der Waals surface area (Å²) in [6, 6.07) is 3.24. The number of hydrogen-bond donors (Lipinski definition) is 3. The number of ether oxygens (including phenoxy) is 2. The van der Waals surface area contributed by atoms with Crippen LogP contribution in [0.25, 0.3) is 0 Å². The first-order valence-electron chi connectivity index (χ1n) is 7.94. The maximum absolute atomic E-state index is 11.9. The van der Waals surface area contributed by atoms with Gasteiger partial charge in [-0.05, 0) is 39.3 Å². The minimum absolute atomic E-state index is 0.162. The summed E-state index contributed by atoms with van der Waals surface area (Å²) in [5, 5.41) is 14.6. The van der Waals surface area contributed by atoms with Crippen molar-refractivity contribution in [2.24, 2.45) is 0 Å². The molecule has 7 nitrogen and oxygen atoms in total. The molecule has 0 heterocycles. The van der Waals surface area contributed by atoms with Crippen molar-refractivity contribution >= 4 is 23.5 Å². The molecule has 0 spiro atoms. The topological polar surface area (TPSA) is 96.9 Å². The summed E-state index contributed by atoms with van der Waals surface area (Å²) in [7, 11) is 0. The molecule has 0 radical (unpaired) electrons. The van der Waals surface area contributed by atoms with Crippen LogP contribution in [0, 0.1) is 0 Å². The van der Waals surface area contributed by atoms with Crippen LogP contribution >= 0.6 is 11.6 Å². The molecule has 0 atom stereocenters. The Balaban J connectivity index is 2.82. The molecule has 0 saturated carbocycles. The Morgan fingerprint density at radius 1 is 1.20 bits per heavy atom. The number of hydrogen-bond acceptors (Lipinski definition) is 5. The number of aliphatic carboxylic acids is 1. The van der Waals surface area contributed by atoms with Gasteiger partial charge in [-0.3, -0.25) is 9.59 Å². The Hall–Kier alpha value is -1.99. The Morgan fingerprint density at radius 3 is 2.40 bits per heavy atom. The van der Waals surface area contributed by atoms with Gasteiger partial charge in [-0.1, -0.05) is 11.6 Å². The van der Waals surface area contributed by atoms with E-state index in [4.69, 9.17) is 26.2 Å². The highest BCUT2D eigenvalue weighted by Crippen LogP contribution is 2.33. The van der Waals surface area contributed by atoms with Crippen LogP contribution < -0.4 is 20.1 Å². The van der Waals surface area contributed by atoms with E-state index in [1.54, 1.807) is 12.1 Å². The van der Waals surface area contributed by atoms with E-state index in [1.807, 2.05) is 27.7 Å². The van der Waals surface area contributed by atoms with E-state index in [-0.39, 0.29) is 31.1 Å². The molecule has 1 amide bonds. The molecule has 0 saturated heterocycles. The highest BCUT2D eigenvalue weighted by molar-refractivity contribution is 6.31. The van der Waals surface area contributed by atoms with Crippen LogP contribution in [0.4, 0.5) is 0 Å². The molecule has 0 aromatic heterocycles. The van der Waals surface area contributed by atoms with Gasteiger partial charge in [0.1, 0.15) is 0 Å². The number of halogens is 1. The Bertz CT molecular complexity index is 614. The molecule has 0 bridgehead atoms. The lowest BCUT2D eigenvalue weighted by molar-refractivity contribution is -0.136. The van der Waals surface area contributed by atoms with Gasteiger partial charge in [-0.15, -0.1) is 0 Å². The quantitative estimate of drug-likeness (QED) is 0.615. The maximum Gasteiger partial charge on any atom is 0.317 e. The van der Waals surface area contributed by atoms with Crippen LogP contribution in [0.1, 0.15) is 33.3 Å². The minimum Gasteiger partial charge on any atom is -0.490 e. The number of carboxylic acid groups (broad SMARTS) is 1. The minimum atomic E-state index is -0.953. The summed E-state index contributed by atoms with van der Waals surface area (Å²) >= 11 is 6.22. The lowest BCUT2D eigenvalue weighted by Crippen LogP contribution is -2.43. The predicted molar refractivity (Wildman–Crippen MR) is 95.4 cm³/mol. The molecular weight excluding hydrogens is 348 g/mol. The van der Waals surface area contributed by atoms with Crippen LogP contribution in [-0.2, 0) is 16.1 Å². The SMILES string of the molecule is CCOc1cc(CNCC(=O)O)c(Cl)cc1OCC(=O)NC(C)(C)C. The van der Waals surface area contributed by atoms with E-state index in [9.17, 15) is 9.59 Å². The lowest BCUT2D eigenvalue weighted by Gasteiger charge is -2.21. The van der Waals surface area contributed by atoms with Gasteiger partial charge in [0.15, 0.2) is 18.1 Å². The number of rotatable bonds is 9. The van der Waals surface area contributed by atoms with Gasteiger partial charge in [0.25, 0.3) is 5.91 Å². The number of carboxylic acids is 1. The second-order valence-corrected chi connectivity index (χ2v) is 6.81. The highest BCUT2D eigenvalue weighted by atomic mass is 35.5. The van der Waals surface area contributed by atoms with Crippen molar-refractivity contribution in [3.05, 3.63) is 22.7 Å². The Kier molecular flexibility index (Phi) is 7.99. The fourth-order valence-electron chi connectivity index (χ4n) is 2.00. The lowest BCUT2D eigenvalue weighted by atomic mass is 10.1. The molecule has 0 aliphatic heterocycles. The number of amides is 1. The number of carbonyl (C=O) groups excluding carboxylic acids is 1.